The van der Waals surface area contributed by atoms with Crippen molar-refractivity contribution < 1.29 is 19.1 Å². The summed E-state index contributed by atoms with van der Waals surface area (Å²) in [5, 5.41) is 2.76. The number of carbonyl (C=O) groups is 3. The van der Waals surface area contributed by atoms with Gasteiger partial charge >= 0.3 is 6.03 Å². The number of carbonyl (C=O) groups excluding carboxylic acids is 3. The van der Waals surface area contributed by atoms with E-state index in [1.54, 1.807) is 37.3 Å². The number of nitrogens with zero attached hydrogens (tertiary/aromatic N) is 1. The molecule has 3 amide bonds. The van der Waals surface area contributed by atoms with Gasteiger partial charge in [-0.25, -0.2) is 4.79 Å². The van der Waals surface area contributed by atoms with Gasteiger partial charge in [-0.15, -0.1) is 0 Å². The molecule has 0 spiro atoms. The number of para-hydroxylation sites is 1. The highest BCUT2D eigenvalue weighted by molar-refractivity contribution is 9.10. The van der Waals surface area contributed by atoms with Crippen LogP contribution < -0.4 is 10.1 Å². The predicted octanol–water partition coefficient (Wildman–Crippen LogP) is 3.50. The zero-order valence-electron chi connectivity index (χ0n) is 15.0. The van der Waals surface area contributed by atoms with Crippen molar-refractivity contribution in [1.82, 2.24) is 10.2 Å². The zero-order chi connectivity index (χ0) is 19.6. The van der Waals surface area contributed by atoms with Crippen LogP contribution in [0.2, 0.25) is 0 Å². The first-order chi connectivity index (χ1) is 12.8. The Labute approximate surface area is 165 Å². The van der Waals surface area contributed by atoms with Crippen molar-refractivity contribution in [2.75, 3.05) is 13.2 Å². The summed E-state index contributed by atoms with van der Waals surface area (Å²) in [5.41, 5.74) is 0.00974. The number of nitrogens with one attached hydrogen (secondary N) is 1. The summed E-state index contributed by atoms with van der Waals surface area (Å²) >= 11 is 3.43. The number of amides is 3. The Balaban J connectivity index is 1.72. The van der Waals surface area contributed by atoms with Crippen molar-refractivity contribution >= 4 is 33.7 Å². The second kappa shape index (κ2) is 7.52. The molecule has 3 rings (SSSR count). The third-order valence-electron chi connectivity index (χ3n) is 4.53. The van der Waals surface area contributed by atoms with Gasteiger partial charge in [0.1, 0.15) is 17.9 Å². The van der Waals surface area contributed by atoms with Crippen LogP contribution in [0.25, 0.3) is 0 Å². The Morgan fingerprint density at radius 1 is 1.15 bits per heavy atom. The maximum atomic E-state index is 12.9. The van der Waals surface area contributed by atoms with Crippen molar-refractivity contribution in [3.8, 4) is 5.75 Å². The third kappa shape index (κ3) is 3.60. The molecule has 1 heterocycles. The molecular weight excluding hydrogens is 412 g/mol. The number of imide groups is 1. The van der Waals surface area contributed by atoms with Gasteiger partial charge in [-0.3, -0.25) is 14.5 Å². The van der Waals surface area contributed by atoms with E-state index in [-0.39, 0.29) is 24.8 Å². The van der Waals surface area contributed by atoms with Crippen LogP contribution >= 0.6 is 15.9 Å². The maximum Gasteiger partial charge on any atom is 0.325 e. The molecule has 1 N–H and O–H groups in total. The third-order valence-corrected chi connectivity index (χ3v) is 5.22. The van der Waals surface area contributed by atoms with Crippen molar-refractivity contribution in [2.45, 2.75) is 19.4 Å². The van der Waals surface area contributed by atoms with E-state index in [4.69, 9.17) is 4.74 Å². The molecule has 0 aliphatic carbocycles. The second-order valence-corrected chi connectivity index (χ2v) is 7.25. The molecule has 1 fully saturated rings. The minimum atomic E-state index is -1.14. The van der Waals surface area contributed by atoms with E-state index in [2.05, 4.69) is 21.2 Å². The van der Waals surface area contributed by atoms with Crippen molar-refractivity contribution in [3.63, 3.8) is 0 Å². The first-order valence-corrected chi connectivity index (χ1v) is 9.26. The minimum absolute atomic E-state index is 0.0803. The van der Waals surface area contributed by atoms with Gasteiger partial charge in [-0.2, -0.15) is 0 Å². The van der Waals surface area contributed by atoms with Crippen LogP contribution in [0.1, 0.15) is 29.8 Å². The summed E-state index contributed by atoms with van der Waals surface area (Å²) in [6, 6.07) is 13.7. The molecule has 1 aliphatic heterocycles. The largest absolute Gasteiger partial charge is 0.491 e. The van der Waals surface area contributed by atoms with E-state index in [0.717, 1.165) is 9.37 Å². The molecule has 27 heavy (non-hydrogen) atoms. The number of Topliss-reactive ketones (excluding diaryl/α,β-unsaturated/α-hetero) is 1. The molecule has 0 saturated carbocycles. The lowest BCUT2D eigenvalue weighted by molar-refractivity contribution is -0.131. The molecule has 2 aromatic carbocycles. The molecule has 1 unspecified atom stereocenters. The van der Waals surface area contributed by atoms with Gasteiger partial charge in [-0.05, 0) is 32.0 Å². The molecule has 6 nitrogen and oxygen atoms in total. The SMILES string of the molecule is CC(=O)c1ccccc1OCCN1C(=O)NC(C)(c2ccccc2Br)C1=O. The highest BCUT2D eigenvalue weighted by Gasteiger charge is 2.49. The van der Waals surface area contributed by atoms with Crippen LogP contribution in [0.15, 0.2) is 53.0 Å². The Morgan fingerprint density at radius 2 is 1.81 bits per heavy atom. The zero-order valence-corrected chi connectivity index (χ0v) is 16.6. The topological polar surface area (TPSA) is 75.7 Å². The average Bonchev–Trinajstić information content (AvgIpc) is 2.86. The molecule has 1 atom stereocenters. The molecule has 1 aliphatic rings. The first kappa shape index (κ1) is 19.1. The highest BCUT2D eigenvalue weighted by Crippen LogP contribution is 2.33. The van der Waals surface area contributed by atoms with Gasteiger partial charge in [0, 0.05) is 10.0 Å². The average molecular weight is 431 g/mol. The molecule has 0 bridgehead atoms. The van der Waals surface area contributed by atoms with E-state index in [1.165, 1.54) is 6.92 Å². The number of halogens is 1. The standard InChI is InChI=1S/C20H19BrN2O4/c1-13(24)14-7-3-6-10-17(14)27-12-11-23-18(25)20(2,22-19(23)26)15-8-4-5-9-16(15)21/h3-10H,11-12H2,1-2H3,(H,22,26). The normalized spacial score (nSPS) is 19.1. The van der Waals surface area contributed by atoms with Gasteiger partial charge < -0.3 is 10.1 Å². The van der Waals surface area contributed by atoms with Crippen LogP contribution in [0.5, 0.6) is 5.75 Å². The number of benzene rings is 2. The number of ketones is 1. The van der Waals surface area contributed by atoms with Crippen LogP contribution in [-0.2, 0) is 10.3 Å². The molecule has 1 saturated heterocycles. The fourth-order valence-electron chi connectivity index (χ4n) is 3.08. The van der Waals surface area contributed by atoms with Gasteiger partial charge in [0.15, 0.2) is 5.78 Å². The van der Waals surface area contributed by atoms with Crippen LogP contribution in [0, 0.1) is 0 Å². The molecule has 2 aromatic rings. The van der Waals surface area contributed by atoms with Crippen molar-refractivity contribution in [2.24, 2.45) is 0 Å². The summed E-state index contributed by atoms with van der Waals surface area (Å²) in [4.78, 5) is 38.1. The van der Waals surface area contributed by atoms with Crippen LogP contribution in [0.4, 0.5) is 4.79 Å². The van der Waals surface area contributed by atoms with E-state index >= 15 is 0 Å². The van der Waals surface area contributed by atoms with E-state index in [1.807, 2.05) is 18.2 Å². The molecular formula is C20H19BrN2O4. The highest BCUT2D eigenvalue weighted by atomic mass is 79.9. The summed E-state index contributed by atoms with van der Waals surface area (Å²) in [5.74, 6) is -0.0180. The molecule has 140 valence electrons. The lowest BCUT2D eigenvalue weighted by Crippen LogP contribution is -2.41. The summed E-state index contributed by atoms with van der Waals surface area (Å²) in [6.07, 6.45) is 0. The Hall–Kier alpha value is -2.67. The number of hydrogen-bond donors (Lipinski definition) is 1. The molecule has 0 radical (unpaired) electrons. The molecule has 0 aromatic heterocycles. The maximum absolute atomic E-state index is 12.9. The summed E-state index contributed by atoms with van der Waals surface area (Å²) < 4.78 is 6.40. The van der Waals surface area contributed by atoms with Crippen LogP contribution in [-0.4, -0.2) is 35.8 Å². The van der Waals surface area contributed by atoms with Crippen LogP contribution in [0.3, 0.4) is 0 Å². The monoisotopic (exact) mass is 430 g/mol. The first-order valence-electron chi connectivity index (χ1n) is 8.46. The number of hydrogen-bond acceptors (Lipinski definition) is 4. The van der Waals surface area contributed by atoms with Gasteiger partial charge in [0.05, 0.1) is 12.1 Å². The lowest BCUT2D eigenvalue weighted by Gasteiger charge is -2.23. The summed E-state index contributed by atoms with van der Waals surface area (Å²) in [7, 11) is 0. The number of ether oxygens (including phenoxy) is 1. The van der Waals surface area contributed by atoms with Gasteiger partial charge in [-0.1, -0.05) is 46.3 Å². The fraction of sp³-hybridized carbons (Fsp3) is 0.250. The smallest absolute Gasteiger partial charge is 0.325 e. The molecule has 7 heteroatoms. The second-order valence-electron chi connectivity index (χ2n) is 6.39. The minimum Gasteiger partial charge on any atom is -0.491 e. The summed E-state index contributed by atoms with van der Waals surface area (Å²) in [6.45, 7) is 3.31. The van der Waals surface area contributed by atoms with Gasteiger partial charge in [0.2, 0.25) is 0 Å². The quantitative estimate of drug-likeness (QED) is 0.561. The Kier molecular flexibility index (Phi) is 5.32. The van der Waals surface area contributed by atoms with Crippen molar-refractivity contribution in [3.05, 3.63) is 64.1 Å². The van der Waals surface area contributed by atoms with E-state index in [9.17, 15) is 14.4 Å². The van der Waals surface area contributed by atoms with Crippen molar-refractivity contribution in [1.29, 1.82) is 0 Å². The van der Waals surface area contributed by atoms with Gasteiger partial charge in [0.25, 0.3) is 5.91 Å². The number of rotatable bonds is 6. The fourth-order valence-corrected chi connectivity index (χ4v) is 3.76. The predicted molar refractivity (Wildman–Crippen MR) is 104 cm³/mol. The Morgan fingerprint density at radius 3 is 2.52 bits per heavy atom. The lowest BCUT2D eigenvalue weighted by atomic mass is 9.92. The van der Waals surface area contributed by atoms with E-state index < -0.39 is 11.6 Å². The number of urea groups is 1. The Bertz CT molecular complexity index is 914. The van der Waals surface area contributed by atoms with E-state index in [0.29, 0.717) is 16.9 Å².